The molecule has 5 heteroatoms. The lowest BCUT2D eigenvalue weighted by Gasteiger charge is -2.34. The molecule has 0 saturated carbocycles. The summed E-state index contributed by atoms with van der Waals surface area (Å²) in [6, 6.07) is 9.84. The molecular formula is C18H26O5. The summed E-state index contributed by atoms with van der Waals surface area (Å²) in [7, 11) is 0. The summed E-state index contributed by atoms with van der Waals surface area (Å²) in [5, 5.41) is 9.65. The maximum atomic E-state index is 11.8. The Bertz CT molecular complexity index is 470. The molecular weight excluding hydrogens is 296 g/mol. The van der Waals surface area contributed by atoms with E-state index in [4.69, 9.17) is 14.2 Å². The van der Waals surface area contributed by atoms with Crippen LogP contribution in [0.1, 0.15) is 38.2 Å². The number of ether oxygens (including phenoxy) is 3. The zero-order valence-corrected chi connectivity index (χ0v) is 13.7. The van der Waals surface area contributed by atoms with Crippen molar-refractivity contribution >= 4 is 5.97 Å². The van der Waals surface area contributed by atoms with E-state index in [1.807, 2.05) is 37.3 Å². The smallest absolute Gasteiger partial charge is 0.336 e. The average molecular weight is 322 g/mol. The van der Waals surface area contributed by atoms with Crippen molar-refractivity contribution in [2.24, 2.45) is 0 Å². The largest absolute Gasteiger partial charge is 0.479 e. The van der Waals surface area contributed by atoms with Gasteiger partial charge in [-0.05, 0) is 24.8 Å². The molecule has 2 unspecified atom stereocenters. The van der Waals surface area contributed by atoms with Crippen LogP contribution in [-0.4, -0.2) is 42.6 Å². The van der Waals surface area contributed by atoms with Gasteiger partial charge in [0, 0.05) is 13.0 Å². The molecule has 0 aliphatic carbocycles. The minimum Gasteiger partial charge on any atom is -0.479 e. The Hall–Kier alpha value is -1.43. The monoisotopic (exact) mass is 322 g/mol. The van der Waals surface area contributed by atoms with E-state index in [9.17, 15) is 9.90 Å². The first kappa shape index (κ1) is 17.9. The molecule has 128 valence electrons. The predicted octanol–water partition coefficient (Wildman–Crippen LogP) is 3.02. The SMILES string of the molecule is CCC(CCOCc1ccccc1)(OC1CCCOC1)C(=O)O. The molecule has 1 saturated heterocycles. The Kier molecular flexibility index (Phi) is 7.02. The van der Waals surface area contributed by atoms with E-state index >= 15 is 0 Å². The molecule has 2 atom stereocenters. The van der Waals surface area contributed by atoms with Gasteiger partial charge in [0.15, 0.2) is 5.60 Å². The van der Waals surface area contributed by atoms with E-state index in [2.05, 4.69) is 0 Å². The third-order valence-electron chi connectivity index (χ3n) is 4.23. The van der Waals surface area contributed by atoms with Gasteiger partial charge in [-0.25, -0.2) is 4.79 Å². The quantitative estimate of drug-likeness (QED) is 0.708. The molecule has 5 nitrogen and oxygen atoms in total. The van der Waals surface area contributed by atoms with Gasteiger partial charge in [-0.2, -0.15) is 0 Å². The Morgan fingerprint density at radius 3 is 2.78 bits per heavy atom. The third kappa shape index (κ3) is 5.30. The summed E-state index contributed by atoms with van der Waals surface area (Å²) in [4.78, 5) is 11.8. The summed E-state index contributed by atoms with van der Waals surface area (Å²) in [6.45, 7) is 3.87. The van der Waals surface area contributed by atoms with E-state index in [1.165, 1.54) is 0 Å². The molecule has 1 aliphatic rings. The average Bonchev–Trinajstić information content (AvgIpc) is 2.59. The number of aliphatic carboxylic acids is 1. The van der Waals surface area contributed by atoms with E-state index in [1.54, 1.807) is 0 Å². The summed E-state index contributed by atoms with van der Waals surface area (Å²) < 4.78 is 17.0. The number of carboxylic acid groups (broad SMARTS) is 1. The Morgan fingerprint density at radius 1 is 1.39 bits per heavy atom. The highest BCUT2D eigenvalue weighted by Crippen LogP contribution is 2.26. The molecule has 0 amide bonds. The minimum atomic E-state index is -1.19. The molecule has 1 heterocycles. The summed E-state index contributed by atoms with van der Waals surface area (Å²) >= 11 is 0. The minimum absolute atomic E-state index is 0.145. The van der Waals surface area contributed by atoms with Crippen molar-refractivity contribution in [3.05, 3.63) is 35.9 Å². The maximum absolute atomic E-state index is 11.8. The molecule has 1 aliphatic heterocycles. The number of hydrogen-bond acceptors (Lipinski definition) is 4. The highest BCUT2D eigenvalue weighted by atomic mass is 16.6. The van der Waals surface area contributed by atoms with Crippen molar-refractivity contribution in [1.29, 1.82) is 0 Å². The zero-order valence-electron chi connectivity index (χ0n) is 13.7. The second-order valence-electron chi connectivity index (χ2n) is 5.90. The first-order chi connectivity index (χ1) is 11.2. The third-order valence-corrected chi connectivity index (χ3v) is 4.23. The first-order valence-electron chi connectivity index (χ1n) is 8.27. The van der Waals surface area contributed by atoms with Gasteiger partial charge in [0.2, 0.25) is 0 Å². The van der Waals surface area contributed by atoms with Crippen LogP contribution in [0.3, 0.4) is 0 Å². The molecule has 1 aromatic rings. The van der Waals surface area contributed by atoms with Crippen LogP contribution in [0.5, 0.6) is 0 Å². The van der Waals surface area contributed by atoms with Crippen LogP contribution in [0.2, 0.25) is 0 Å². The zero-order chi connectivity index (χ0) is 16.5. The fourth-order valence-electron chi connectivity index (χ4n) is 2.75. The van der Waals surface area contributed by atoms with Gasteiger partial charge in [-0.1, -0.05) is 37.3 Å². The van der Waals surface area contributed by atoms with E-state index in [0.29, 0.717) is 32.7 Å². The molecule has 2 rings (SSSR count). The summed E-state index contributed by atoms with van der Waals surface area (Å²) in [6.07, 6.45) is 2.36. The van der Waals surface area contributed by atoms with Gasteiger partial charge in [-0.15, -0.1) is 0 Å². The maximum Gasteiger partial charge on any atom is 0.336 e. The van der Waals surface area contributed by atoms with Crippen molar-refractivity contribution in [3.8, 4) is 0 Å². The van der Waals surface area contributed by atoms with Crippen LogP contribution in [0.4, 0.5) is 0 Å². The fraction of sp³-hybridized carbons (Fsp3) is 0.611. The molecule has 1 fully saturated rings. The van der Waals surface area contributed by atoms with Crippen molar-refractivity contribution in [2.45, 2.75) is 50.9 Å². The van der Waals surface area contributed by atoms with Crippen LogP contribution in [0, 0.1) is 0 Å². The Labute approximate surface area is 137 Å². The van der Waals surface area contributed by atoms with Gasteiger partial charge >= 0.3 is 5.97 Å². The number of hydrogen-bond donors (Lipinski definition) is 1. The Morgan fingerprint density at radius 2 is 2.17 bits per heavy atom. The van der Waals surface area contributed by atoms with Gasteiger partial charge in [-0.3, -0.25) is 0 Å². The fourth-order valence-corrected chi connectivity index (χ4v) is 2.75. The van der Waals surface area contributed by atoms with Crippen molar-refractivity contribution in [2.75, 3.05) is 19.8 Å². The van der Waals surface area contributed by atoms with Crippen LogP contribution in [-0.2, 0) is 25.6 Å². The highest BCUT2D eigenvalue weighted by molar-refractivity contribution is 5.77. The lowest BCUT2D eigenvalue weighted by atomic mass is 9.95. The number of carboxylic acids is 1. The normalized spacial score (nSPS) is 20.8. The standard InChI is InChI=1S/C18H26O5/c1-2-18(17(19)20,23-16-9-6-11-21-14-16)10-12-22-13-15-7-4-3-5-8-15/h3-5,7-8,16H,2,6,9-14H2,1H3,(H,19,20). The summed E-state index contributed by atoms with van der Waals surface area (Å²) in [5.41, 5.74) is -0.117. The van der Waals surface area contributed by atoms with Crippen LogP contribution >= 0.6 is 0 Å². The van der Waals surface area contributed by atoms with Crippen LogP contribution in [0.25, 0.3) is 0 Å². The molecule has 0 radical (unpaired) electrons. The molecule has 1 aromatic carbocycles. The molecule has 23 heavy (non-hydrogen) atoms. The molecule has 1 N–H and O–H groups in total. The van der Waals surface area contributed by atoms with Gasteiger partial charge < -0.3 is 19.3 Å². The molecule has 0 aromatic heterocycles. The van der Waals surface area contributed by atoms with Gasteiger partial charge in [0.25, 0.3) is 0 Å². The second kappa shape index (κ2) is 9.01. The van der Waals surface area contributed by atoms with E-state index in [-0.39, 0.29) is 6.10 Å². The van der Waals surface area contributed by atoms with E-state index < -0.39 is 11.6 Å². The number of rotatable bonds is 9. The van der Waals surface area contributed by atoms with Crippen LogP contribution in [0.15, 0.2) is 30.3 Å². The second-order valence-corrected chi connectivity index (χ2v) is 5.90. The van der Waals surface area contributed by atoms with Gasteiger partial charge in [0.1, 0.15) is 0 Å². The topological polar surface area (TPSA) is 65.0 Å². The van der Waals surface area contributed by atoms with Crippen LogP contribution < -0.4 is 0 Å². The van der Waals surface area contributed by atoms with Crippen molar-refractivity contribution in [1.82, 2.24) is 0 Å². The van der Waals surface area contributed by atoms with Gasteiger partial charge in [0.05, 0.1) is 25.9 Å². The van der Waals surface area contributed by atoms with Crippen molar-refractivity contribution in [3.63, 3.8) is 0 Å². The molecule has 0 bridgehead atoms. The molecule has 0 spiro atoms. The van der Waals surface area contributed by atoms with E-state index in [0.717, 1.165) is 25.0 Å². The Balaban J connectivity index is 1.85. The number of benzene rings is 1. The van der Waals surface area contributed by atoms with Crippen molar-refractivity contribution < 1.29 is 24.1 Å². The highest BCUT2D eigenvalue weighted by Gasteiger charge is 2.40. The number of carbonyl (C=O) groups is 1. The lowest BCUT2D eigenvalue weighted by molar-refractivity contribution is -0.188. The lowest BCUT2D eigenvalue weighted by Crippen LogP contribution is -2.46. The predicted molar refractivity (Wildman–Crippen MR) is 86.3 cm³/mol. The first-order valence-corrected chi connectivity index (χ1v) is 8.27. The summed E-state index contributed by atoms with van der Waals surface area (Å²) in [5.74, 6) is -0.922.